The molecule has 124 valence electrons. The van der Waals surface area contributed by atoms with Crippen LogP contribution >= 0.6 is 0 Å². The molecule has 0 spiro atoms. The average molecular weight is 300 g/mol. The fourth-order valence-electron chi connectivity index (χ4n) is 2.01. The second-order valence-corrected chi connectivity index (χ2v) is 7.06. The van der Waals surface area contributed by atoms with Crippen LogP contribution in [0.5, 0.6) is 0 Å². The largest absolute Gasteiger partial charge is 0.465 e. The number of esters is 2. The summed E-state index contributed by atoms with van der Waals surface area (Å²) < 4.78 is 10.4. The molecule has 0 heterocycles. The van der Waals surface area contributed by atoms with E-state index in [9.17, 15) is 9.59 Å². The van der Waals surface area contributed by atoms with Crippen molar-refractivity contribution in [2.24, 2.45) is 23.7 Å². The van der Waals surface area contributed by atoms with Crippen molar-refractivity contribution in [3.05, 3.63) is 0 Å². The predicted molar refractivity (Wildman–Crippen MR) is 83.8 cm³/mol. The van der Waals surface area contributed by atoms with E-state index < -0.39 is 0 Å². The molecule has 0 rings (SSSR count). The van der Waals surface area contributed by atoms with Gasteiger partial charge in [-0.05, 0) is 30.1 Å². The molecule has 21 heavy (non-hydrogen) atoms. The predicted octanol–water partition coefficient (Wildman–Crippen LogP) is 3.83. The van der Waals surface area contributed by atoms with Crippen LogP contribution in [0.2, 0.25) is 0 Å². The Kier molecular flexibility index (Phi) is 10.1. The SMILES string of the molecule is CC(C)COC(=O)CC(CC(=O)OCC(C)C)CC(C)C. The lowest BCUT2D eigenvalue weighted by atomic mass is 9.91. The van der Waals surface area contributed by atoms with Crippen molar-refractivity contribution in [2.75, 3.05) is 13.2 Å². The highest BCUT2D eigenvalue weighted by atomic mass is 16.5. The highest BCUT2D eigenvalue weighted by Gasteiger charge is 2.21. The first-order valence-corrected chi connectivity index (χ1v) is 8.01. The second-order valence-electron chi connectivity index (χ2n) is 7.06. The maximum absolute atomic E-state index is 11.8. The van der Waals surface area contributed by atoms with Gasteiger partial charge in [-0.2, -0.15) is 0 Å². The van der Waals surface area contributed by atoms with Crippen LogP contribution in [0.3, 0.4) is 0 Å². The molecule has 4 heteroatoms. The first-order chi connectivity index (χ1) is 9.70. The van der Waals surface area contributed by atoms with Crippen molar-refractivity contribution in [3.63, 3.8) is 0 Å². The van der Waals surface area contributed by atoms with Crippen molar-refractivity contribution in [3.8, 4) is 0 Å². The molecule has 0 fully saturated rings. The van der Waals surface area contributed by atoms with E-state index in [4.69, 9.17) is 9.47 Å². The normalized spacial score (nSPS) is 11.5. The molecule has 0 N–H and O–H groups in total. The minimum atomic E-state index is -0.217. The Morgan fingerprint density at radius 1 is 0.714 bits per heavy atom. The average Bonchev–Trinajstić information content (AvgIpc) is 2.33. The lowest BCUT2D eigenvalue weighted by Crippen LogP contribution is -2.20. The molecule has 0 radical (unpaired) electrons. The van der Waals surface area contributed by atoms with E-state index in [0.717, 1.165) is 6.42 Å². The zero-order chi connectivity index (χ0) is 16.4. The minimum absolute atomic E-state index is 0.00400. The third kappa shape index (κ3) is 12.4. The summed E-state index contributed by atoms with van der Waals surface area (Å²) in [7, 11) is 0. The molecule has 0 aromatic rings. The number of hydrogen-bond donors (Lipinski definition) is 0. The van der Waals surface area contributed by atoms with Gasteiger partial charge in [0.05, 0.1) is 13.2 Å². The number of carbonyl (C=O) groups is 2. The molecule has 4 nitrogen and oxygen atoms in total. The molecular formula is C17H32O4. The fraction of sp³-hybridized carbons (Fsp3) is 0.882. The Labute approximate surface area is 129 Å². The topological polar surface area (TPSA) is 52.6 Å². The highest BCUT2D eigenvalue weighted by Crippen LogP contribution is 2.21. The van der Waals surface area contributed by atoms with Gasteiger partial charge in [-0.15, -0.1) is 0 Å². The summed E-state index contributed by atoms with van der Waals surface area (Å²) in [6.07, 6.45) is 1.41. The lowest BCUT2D eigenvalue weighted by Gasteiger charge is -2.18. The van der Waals surface area contributed by atoms with Crippen molar-refractivity contribution in [1.29, 1.82) is 0 Å². The third-order valence-corrected chi connectivity index (χ3v) is 2.87. The molecule has 0 atom stereocenters. The van der Waals surface area contributed by atoms with E-state index in [1.165, 1.54) is 0 Å². The molecule has 0 amide bonds. The van der Waals surface area contributed by atoms with Crippen LogP contribution in [0.1, 0.15) is 60.8 Å². The molecule has 0 aromatic heterocycles. The third-order valence-electron chi connectivity index (χ3n) is 2.87. The zero-order valence-electron chi connectivity index (χ0n) is 14.5. The summed E-state index contributed by atoms with van der Waals surface area (Å²) in [5.41, 5.74) is 0. The van der Waals surface area contributed by atoms with Gasteiger partial charge in [-0.1, -0.05) is 41.5 Å². The van der Waals surface area contributed by atoms with Gasteiger partial charge in [0.15, 0.2) is 0 Å². The number of rotatable bonds is 10. The van der Waals surface area contributed by atoms with Gasteiger partial charge in [0.1, 0.15) is 0 Å². The van der Waals surface area contributed by atoms with Gasteiger partial charge >= 0.3 is 11.9 Å². The summed E-state index contributed by atoms with van der Waals surface area (Å²) in [6, 6.07) is 0. The van der Waals surface area contributed by atoms with Crippen LogP contribution in [0, 0.1) is 23.7 Å². The summed E-state index contributed by atoms with van der Waals surface area (Å²) in [6.45, 7) is 13.1. The first-order valence-electron chi connectivity index (χ1n) is 8.01. The number of ether oxygens (including phenoxy) is 2. The zero-order valence-corrected chi connectivity index (χ0v) is 14.5. The van der Waals surface area contributed by atoms with Gasteiger partial charge in [0.25, 0.3) is 0 Å². The van der Waals surface area contributed by atoms with Crippen LogP contribution < -0.4 is 0 Å². The smallest absolute Gasteiger partial charge is 0.306 e. The minimum Gasteiger partial charge on any atom is -0.465 e. The Balaban J connectivity index is 4.30. The maximum atomic E-state index is 11.8. The highest BCUT2D eigenvalue weighted by molar-refractivity contribution is 5.73. The van der Waals surface area contributed by atoms with Gasteiger partial charge < -0.3 is 9.47 Å². The van der Waals surface area contributed by atoms with Crippen molar-refractivity contribution in [2.45, 2.75) is 60.8 Å². The molecule has 0 saturated carbocycles. The van der Waals surface area contributed by atoms with Crippen molar-refractivity contribution < 1.29 is 19.1 Å². The molecule has 0 aliphatic rings. The molecule has 0 bridgehead atoms. The van der Waals surface area contributed by atoms with Crippen LogP contribution in [-0.4, -0.2) is 25.2 Å². The Bertz CT molecular complexity index is 282. The van der Waals surface area contributed by atoms with E-state index in [0.29, 0.717) is 43.8 Å². The summed E-state index contributed by atoms with van der Waals surface area (Å²) in [5, 5.41) is 0. The molecule has 0 unspecified atom stereocenters. The van der Waals surface area contributed by atoms with E-state index >= 15 is 0 Å². The first kappa shape index (κ1) is 19.9. The van der Waals surface area contributed by atoms with Crippen LogP contribution in [0.25, 0.3) is 0 Å². The molecule has 0 aromatic carbocycles. The molecular weight excluding hydrogens is 268 g/mol. The van der Waals surface area contributed by atoms with E-state index in [-0.39, 0.29) is 17.9 Å². The standard InChI is InChI=1S/C17H32O4/c1-12(2)7-15(8-16(18)20-10-13(3)4)9-17(19)21-11-14(5)6/h12-15H,7-11H2,1-6H3. The van der Waals surface area contributed by atoms with E-state index in [2.05, 4.69) is 13.8 Å². The quantitative estimate of drug-likeness (QED) is 0.575. The van der Waals surface area contributed by atoms with Gasteiger partial charge in [0, 0.05) is 12.8 Å². The Morgan fingerprint density at radius 3 is 1.38 bits per heavy atom. The van der Waals surface area contributed by atoms with Crippen LogP contribution in [0.4, 0.5) is 0 Å². The van der Waals surface area contributed by atoms with Gasteiger partial charge in [-0.3, -0.25) is 9.59 Å². The summed E-state index contributed by atoms with van der Waals surface area (Å²) in [5.74, 6) is 0.661. The summed E-state index contributed by atoms with van der Waals surface area (Å²) >= 11 is 0. The van der Waals surface area contributed by atoms with Crippen LogP contribution in [-0.2, 0) is 19.1 Å². The Hall–Kier alpha value is -1.06. The van der Waals surface area contributed by atoms with Gasteiger partial charge in [0.2, 0.25) is 0 Å². The number of hydrogen-bond acceptors (Lipinski definition) is 4. The maximum Gasteiger partial charge on any atom is 0.306 e. The van der Waals surface area contributed by atoms with E-state index in [1.807, 2.05) is 27.7 Å². The molecule has 0 aliphatic carbocycles. The molecule has 0 aliphatic heterocycles. The number of carbonyl (C=O) groups excluding carboxylic acids is 2. The van der Waals surface area contributed by atoms with Crippen LogP contribution in [0.15, 0.2) is 0 Å². The van der Waals surface area contributed by atoms with E-state index in [1.54, 1.807) is 0 Å². The van der Waals surface area contributed by atoms with Gasteiger partial charge in [-0.25, -0.2) is 0 Å². The molecule has 0 saturated heterocycles. The lowest BCUT2D eigenvalue weighted by molar-refractivity contribution is -0.148. The summed E-state index contributed by atoms with van der Waals surface area (Å²) in [4.78, 5) is 23.6. The van der Waals surface area contributed by atoms with Crippen molar-refractivity contribution >= 4 is 11.9 Å². The Morgan fingerprint density at radius 2 is 1.10 bits per heavy atom. The fourth-order valence-corrected chi connectivity index (χ4v) is 2.01. The second kappa shape index (κ2) is 10.6. The monoisotopic (exact) mass is 300 g/mol. The van der Waals surface area contributed by atoms with Crippen molar-refractivity contribution in [1.82, 2.24) is 0 Å².